The van der Waals surface area contributed by atoms with Gasteiger partial charge in [-0.15, -0.1) is 0 Å². The van der Waals surface area contributed by atoms with Crippen LogP contribution in [0, 0.1) is 0 Å². The number of allylic oxidation sites excluding steroid dienone is 8. The molecule has 0 amide bonds. The first-order valence-electron chi connectivity index (χ1n) is 16.7. The SMILES string of the molecule is C1=CCC(c2nc(C3=C(c4cccc(-c5ccccc5)c4)CCC=C3)nc(-c3ccccc3)n2)C(c2cccc(-c3ccccc3)c2)=C1. The van der Waals surface area contributed by atoms with Crippen molar-refractivity contribution in [2.24, 2.45) is 0 Å². The van der Waals surface area contributed by atoms with Gasteiger partial charge < -0.3 is 0 Å². The van der Waals surface area contributed by atoms with Crippen molar-refractivity contribution in [3.8, 4) is 33.6 Å². The van der Waals surface area contributed by atoms with Crippen molar-refractivity contribution in [3.05, 3.63) is 193 Å². The fourth-order valence-electron chi connectivity index (χ4n) is 6.76. The van der Waals surface area contributed by atoms with E-state index in [-0.39, 0.29) is 5.92 Å². The summed E-state index contributed by atoms with van der Waals surface area (Å²) < 4.78 is 0. The molecule has 230 valence electrons. The van der Waals surface area contributed by atoms with Crippen LogP contribution in [0.4, 0.5) is 0 Å². The molecule has 0 saturated carbocycles. The molecule has 5 aromatic carbocycles. The standard InChI is InChI=1S/C45H35N3/c1-4-16-32(17-5-1)35-22-14-24-37(30-35)39-26-10-12-28-41(39)44-46-43(34-20-8-3-9-21-34)47-45(48-44)42-29-13-11-27-40(42)38-25-15-23-36(31-38)33-18-6-2-7-19-33/h1-10,12-26,29-31,41H,11,27-28H2. The van der Waals surface area contributed by atoms with Crippen LogP contribution in [-0.4, -0.2) is 15.0 Å². The summed E-state index contributed by atoms with van der Waals surface area (Å²) in [5, 5.41) is 0. The highest BCUT2D eigenvalue weighted by molar-refractivity contribution is 5.95. The highest BCUT2D eigenvalue weighted by Gasteiger charge is 2.26. The molecule has 0 bridgehead atoms. The lowest BCUT2D eigenvalue weighted by Crippen LogP contribution is -2.13. The molecule has 3 nitrogen and oxygen atoms in total. The van der Waals surface area contributed by atoms with Crippen LogP contribution in [0.5, 0.6) is 0 Å². The molecule has 0 N–H and O–H groups in total. The first kappa shape index (κ1) is 29.5. The maximum Gasteiger partial charge on any atom is 0.164 e. The molecule has 0 aliphatic heterocycles. The molecule has 8 rings (SSSR count). The summed E-state index contributed by atoms with van der Waals surface area (Å²) in [6.07, 6.45) is 13.8. The summed E-state index contributed by atoms with van der Waals surface area (Å²) in [7, 11) is 0. The normalized spacial score (nSPS) is 15.8. The quantitative estimate of drug-likeness (QED) is 0.179. The Balaban J connectivity index is 1.25. The van der Waals surface area contributed by atoms with E-state index in [1.165, 1.54) is 44.5 Å². The van der Waals surface area contributed by atoms with Crippen LogP contribution in [0.3, 0.4) is 0 Å². The molecular weight excluding hydrogens is 583 g/mol. The lowest BCUT2D eigenvalue weighted by molar-refractivity contribution is 0.771. The predicted octanol–water partition coefficient (Wildman–Crippen LogP) is 11.3. The minimum Gasteiger partial charge on any atom is -0.212 e. The summed E-state index contributed by atoms with van der Waals surface area (Å²) in [6.45, 7) is 0. The van der Waals surface area contributed by atoms with Gasteiger partial charge in [0.05, 0.1) is 0 Å². The van der Waals surface area contributed by atoms with Crippen LogP contribution in [0.15, 0.2) is 170 Å². The molecule has 1 aromatic heterocycles. The van der Waals surface area contributed by atoms with E-state index in [4.69, 9.17) is 15.0 Å². The van der Waals surface area contributed by atoms with Crippen LogP contribution >= 0.6 is 0 Å². The monoisotopic (exact) mass is 617 g/mol. The number of hydrogen-bond acceptors (Lipinski definition) is 3. The predicted molar refractivity (Wildman–Crippen MR) is 199 cm³/mol. The highest BCUT2D eigenvalue weighted by Crippen LogP contribution is 2.40. The molecule has 1 atom stereocenters. The Hall–Kier alpha value is -5.93. The van der Waals surface area contributed by atoms with Crippen molar-refractivity contribution >= 4 is 16.7 Å². The molecule has 2 aliphatic rings. The van der Waals surface area contributed by atoms with Gasteiger partial charge in [0.2, 0.25) is 0 Å². The van der Waals surface area contributed by atoms with Crippen molar-refractivity contribution in [1.82, 2.24) is 15.0 Å². The molecule has 0 saturated heterocycles. The molecule has 3 heteroatoms. The first-order chi connectivity index (χ1) is 23.8. The van der Waals surface area contributed by atoms with E-state index in [1.807, 2.05) is 18.2 Å². The maximum absolute atomic E-state index is 5.31. The number of benzene rings is 5. The van der Waals surface area contributed by atoms with Gasteiger partial charge in [-0.2, -0.15) is 0 Å². The molecular formula is C45H35N3. The Bertz CT molecular complexity index is 2190. The molecule has 48 heavy (non-hydrogen) atoms. The van der Waals surface area contributed by atoms with E-state index in [0.29, 0.717) is 5.82 Å². The molecule has 1 heterocycles. The van der Waals surface area contributed by atoms with Gasteiger partial charge in [0.15, 0.2) is 11.6 Å². The Morgan fingerprint density at radius 3 is 1.73 bits per heavy atom. The lowest BCUT2D eigenvalue weighted by atomic mass is 9.85. The Morgan fingerprint density at radius 2 is 1.04 bits per heavy atom. The summed E-state index contributed by atoms with van der Waals surface area (Å²) in [4.78, 5) is 15.7. The lowest BCUT2D eigenvalue weighted by Gasteiger charge is -2.23. The van der Waals surface area contributed by atoms with E-state index in [0.717, 1.165) is 42.0 Å². The average Bonchev–Trinajstić information content (AvgIpc) is 3.19. The van der Waals surface area contributed by atoms with E-state index in [2.05, 4.69) is 152 Å². The average molecular weight is 618 g/mol. The van der Waals surface area contributed by atoms with Gasteiger partial charge in [0.1, 0.15) is 5.82 Å². The van der Waals surface area contributed by atoms with Crippen LogP contribution in [0.2, 0.25) is 0 Å². The maximum atomic E-state index is 5.31. The van der Waals surface area contributed by atoms with Crippen molar-refractivity contribution in [3.63, 3.8) is 0 Å². The van der Waals surface area contributed by atoms with Crippen LogP contribution in [-0.2, 0) is 0 Å². The largest absolute Gasteiger partial charge is 0.212 e. The van der Waals surface area contributed by atoms with Crippen molar-refractivity contribution in [2.45, 2.75) is 25.2 Å². The third kappa shape index (κ3) is 6.11. The highest BCUT2D eigenvalue weighted by atomic mass is 15.0. The van der Waals surface area contributed by atoms with E-state index in [1.54, 1.807) is 0 Å². The smallest absolute Gasteiger partial charge is 0.164 e. The zero-order valence-electron chi connectivity index (χ0n) is 26.7. The number of hydrogen-bond donors (Lipinski definition) is 0. The van der Waals surface area contributed by atoms with Gasteiger partial charge in [-0.05, 0) is 75.9 Å². The number of rotatable bonds is 7. The number of nitrogens with zero attached hydrogens (tertiary/aromatic N) is 3. The van der Waals surface area contributed by atoms with Gasteiger partial charge in [-0.25, -0.2) is 15.0 Å². The summed E-state index contributed by atoms with van der Waals surface area (Å²) in [5.74, 6) is 2.21. The summed E-state index contributed by atoms with van der Waals surface area (Å²) >= 11 is 0. The molecule has 6 aromatic rings. The van der Waals surface area contributed by atoms with Crippen LogP contribution < -0.4 is 0 Å². The third-order valence-electron chi connectivity index (χ3n) is 9.19. The molecule has 2 aliphatic carbocycles. The summed E-state index contributed by atoms with van der Waals surface area (Å²) in [6, 6.07) is 49.1. The second-order valence-corrected chi connectivity index (χ2v) is 12.3. The Kier molecular flexibility index (Phi) is 8.25. The van der Waals surface area contributed by atoms with Gasteiger partial charge in [0, 0.05) is 17.1 Å². The van der Waals surface area contributed by atoms with Crippen molar-refractivity contribution in [2.75, 3.05) is 0 Å². The zero-order valence-corrected chi connectivity index (χ0v) is 26.7. The Labute approximate surface area is 282 Å². The molecule has 0 radical (unpaired) electrons. The summed E-state index contributed by atoms with van der Waals surface area (Å²) in [5.41, 5.74) is 11.7. The van der Waals surface area contributed by atoms with E-state index < -0.39 is 0 Å². The van der Waals surface area contributed by atoms with Gasteiger partial charge in [-0.1, -0.05) is 158 Å². The van der Waals surface area contributed by atoms with Gasteiger partial charge in [-0.3, -0.25) is 0 Å². The fraction of sp³-hybridized carbons (Fsp3) is 0.0889. The van der Waals surface area contributed by atoms with Gasteiger partial charge >= 0.3 is 0 Å². The van der Waals surface area contributed by atoms with Gasteiger partial charge in [0.25, 0.3) is 0 Å². The molecule has 0 fully saturated rings. The zero-order chi connectivity index (χ0) is 32.1. The number of aromatic nitrogens is 3. The van der Waals surface area contributed by atoms with E-state index >= 15 is 0 Å². The first-order valence-corrected chi connectivity index (χ1v) is 16.7. The fourth-order valence-corrected chi connectivity index (χ4v) is 6.76. The minimum absolute atomic E-state index is 0.0109. The Morgan fingerprint density at radius 1 is 0.479 bits per heavy atom. The molecule has 1 unspecified atom stereocenters. The van der Waals surface area contributed by atoms with E-state index in [9.17, 15) is 0 Å². The third-order valence-corrected chi connectivity index (χ3v) is 9.19. The topological polar surface area (TPSA) is 38.7 Å². The van der Waals surface area contributed by atoms with Crippen LogP contribution in [0.25, 0.3) is 50.4 Å². The molecule has 0 spiro atoms. The second-order valence-electron chi connectivity index (χ2n) is 12.3. The van der Waals surface area contributed by atoms with Crippen molar-refractivity contribution in [1.29, 1.82) is 0 Å². The minimum atomic E-state index is -0.0109. The van der Waals surface area contributed by atoms with Crippen molar-refractivity contribution < 1.29 is 0 Å². The van der Waals surface area contributed by atoms with Crippen LogP contribution in [0.1, 0.15) is 48.0 Å². The second kappa shape index (κ2) is 13.4.